The number of anilines is 1. The number of carbonyl (C=O) groups excluding carboxylic acids is 1. The average Bonchev–Trinajstić information content (AvgIpc) is 1.98. The molecule has 0 aliphatic heterocycles. The second-order valence-corrected chi connectivity index (χ2v) is 2.57. The summed E-state index contributed by atoms with van der Waals surface area (Å²) in [6, 6.07) is 5.70. The first-order valence-corrected chi connectivity index (χ1v) is 3.52. The molecule has 0 amide bonds. The van der Waals surface area contributed by atoms with Crippen LogP contribution in [-0.2, 0) is 11.2 Å². The van der Waals surface area contributed by atoms with Crippen LogP contribution in [0.15, 0.2) is 18.2 Å². The van der Waals surface area contributed by atoms with E-state index in [0.29, 0.717) is 12.1 Å². The first-order valence-electron chi connectivity index (χ1n) is 3.52. The summed E-state index contributed by atoms with van der Waals surface area (Å²) in [7, 11) is 0. The molecule has 0 bridgehead atoms. The van der Waals surface area contributed by atoms with Gasteiger partial charge in [-0.25, -0.2) is 0 Å². The summed E-state index contributed by atoms with van der Waals surface area (Å²) >= 11 is 0. The van der Waals surface area contributed by atoms with E-state index in [0.717, 1.165) is 17.4 Å². The summed E-state index contributed by atoms with van der Waals surface area (Å²) in [6.07, 6.45) is 1.28. The Morgan fingerprint density at radius 3 is 2.91 bits per heavy atom. The molecule has 0 saturated heterocycles. The monoisotopic (exact) mass is 149 g/mol. The molecule has 0 heterocycles. The number of aldehydes is 1. The number of aryl methyl sites for hydroxylation is 1. The van der Waals surface area contributed by atoms with Gasteiger partial charge in [0.25, 0.3) is 0 Å². The fraction of sp³-hybridized carbons (Fsp3) is 0.222. The molecule has 2 N–H and O–H groups in total. The van der Waals surface area contributed by atoms with Crippen LogP contribution >= 0.6 is 0 Å². The number of rotatable bonds is 2. The molecule has 0 aliphatic carbocycles. The molecule has 0 unspecified atom stereocenters. The lowest BCUT2D eigenvalue weighted by Crippen LogP contribution is -1.95. The molecular formula is C9H11NO. The SMILES string of the molecule is Cc1ccc(N)c(CC=O)c1. The molecule has 0 fully saturated rings. The van der Waals surface area contributed by atoms with Gasteiger partial charge in [0, 0.05) is 12.1 Å². The Balaban J connectivity index is 3.01. The van der Waals surface area contributed by atoms with Gasteiger partial charge in [0.1, 0.15) is 6.29 Å². The van der Waals surface area contributed by atoms with E-state index >= 15 is 0 Å². The molecule has 1 rings (SSSR count). The zero-order chi connectivity index (χ0) is 8.27. The summed E-state index contributed by atoms with van der Waals surface area (Å²) in [4.78, 5) is 10.2. The molecule has 2 nitrogen and oxygen atoms in total. The third kappa shape index (κ3) is 1.80. The van der Waals surface area contributed by atoms with Crippen molar-refractivity contribution in [3.63, 3.8) is 0 Å². The van der Waals surface area contributed by atoms with Gasteiger partial charge in [0.05, 0.1) is 0 Å². The number of benzene rings is 1. The van der Waals surface area contributed by atoms with Crippen molar-refractivity contribution in [2.24, 2.45) is 0 Å². The van der Waals surface area contributed by atoms with Crippen molar-refractivity contribution < 1.29 is 4.79 Å². The lowest BCUT2D eigenvalue weighted by Gasteiger charge is -2.01. The predicted molar refractivity (Wildman–Crippen MR) is 45.4 cm³/mol. The van der Waals surface area contributed by atoms with Crippen molar-refractivity contribution in [3.05, 3.63) is 29.3 Å². The van der Waals surface area contributed by atoms with Crippen molar-refractivity contribution in [1.29, 1.82) is 0 Å². The van der Waals surface area contributed by atoms with Crippen molar-refractivity contribution in [2.75, 3.05) is 5.73 Å². The van der Waals surface area contributed by atoms with Crippen LogP contribution in [-0.4, -0.2) is 6.29 Å². The third-order valence-electron chi connectivity index (χ3n) is 1.60. The topological polar surface area (TPSA) is 43.1 Å². The maximum atomic E-state index is 10.2. The first-order chi connectivity index (χ1) is 5.24. The largest absolute Gasteiger partial charge is 0.398 e. The molecule has 1 aromatic rings. The van der Waals surface area contributed by atoms with Crippen LogP contribution < -0.4 is 5.73 Å². The van der Waals surface area contributed by atoms with Crippen LogP contribution in [0.4, 0.5) is 5.69 Å². The summed E-state index contributed by atoms with van der Waals surface area (Å²) < 4.78 is 0. The highest BCUT2D eigenvalue weighted by Gasteiger charge is 1.96. The van der Waals surface area contributed by atoms with E-state index in [-0.39, 0.29) is 0 Å². The van der Waals surface area contributed by atoms with Gasteiger partial charge in [0.15, 0.2) is 0 Å². The van der Waals surface area contributed by atoms with Gasteiger partial charge < -0.3 is 10.5 Å². The van der Waals surface area contributed by atoms with Gasteiger partial charge in [-0.05, 0) is 18.6 Å². The van der Waals surface area contributed by atoms with Gasteiger partial charge in [0.2, 0.25) is 0 Å². The van der Waals surface area contributed by atoms with E-state index in [2.05, 4.69) is 0 Å². The highest BCUT2D eigenvalue weighted by Crippen LogP contribution is 2.12. The van der Waals surface area contributed by atoms with Crippen LogP contribution in [0.25, 0.3) is 0 Å². The maximum Gasteiger partial charge on any atom is 0.124 e. The van der Waals surface area contributed by atoms with E-state index in [9.17, 15) is 4.79 Å². The van der Waals surface area contributed by atoms with E-state index in [4.69, 9.17) is 5.73 Å². The molecule has 58 valence electrons. The number of hydrogen-bond donors (Lipinski definition) is 1. The summed E-state index contributed by atoms with van der Waals surface area (Å²) in [5, 5.41) is 0. The lowest BCUT2D eigenvalue weighted by atomic mass is 10.1. The number of nitrogen functional groups attached to an aromatic ring is 1. The Morgan fingerprint density at radius 2 is 2.27 bits per heavy atom. The molecule has 0 spiro atoms. The molecule has 1 aromatic carbocycles. The van der Waals surface area contributed by atoms with Crippen LogP contribution in [0.5, 0.6) is 0 Å². The van der Waals surface area contributed by atoms with Crippen molar-refractivity contribution in [2.45, 2.75) is 13.3 Å². The zero-order valence-electron chi connectivity index (χ0n) is 6.50. The highest BCUT2D eigenvalue weighted by molar-refractivity contribution is 5.61. The maximum absolute atomic E-state index is 10.2. The van der Waals surface area contributed by atoms with Gasteiger partial charge in [-0.1, -0.05) is 17.7 Å². The van der Waals surface area contributed by atoms with Crippen LogP contribution in [0, 0.1) is 6.92 Å². The molecule has 0 atom stereocenters. The molecule has 0 aliphatic rings. The minimum atomic E-state index is 0.410. The Kier molecular flexibility index (Phi) is 2.26. The number of carbonyl (C=O) groups is 1. The van der Waals surface area contributed by atoms with Gasteiger partial charge in [-0.3, -0.25) is 0 Å². The lowest BCUT2D eigenvalue weighted by molar-refractivity contribution is -0.107. The molecule has 11 heavy (non-hydrogen) atoms. The average molecular weight is 149 g/mol. The van der Waals surface area contributed by atoms with Crippen LogP contribution in [0.1, 0.15) is 11.1 Å². The van der Waals surface area contributed by atoms with Gasteiger partial charge in [-0.2, -0.15) is 0 Å². The predicted octanol–water partition coefficient (Wildman–Crippen LogP) is 1.32. The minimum Gasteiger partial charge on any atom is -0.398 e. The standard InChI is InChI=1S/C9H11NO/c1-7-2-3-9(10)8(6-7)4-5-11/h2-3,5-6H,4,10H2,1H3. The number of nitrogens with two attached hydrogens (primary N) is 1. The Bertz CT molecular complexity index is 268. The molecule has 0 aromatic heterocycles. The Hall–Kier alpha value is -1.31. The normalized spacial score (nSPS) is 9.55. The summed E-state index contributed by atoms with van der Waals surface area (Å²) in [6.45, 7) is 1.98. The van der Waals surface area contributed by atoms with Crippen molar-refractivity contribution >= 4 is 12.0 Å². The van der Waals surface area contributed by atoms with E-state index in [1.807, 2.05) is 25.1 Å². The smallest absolute Gasteiger partial charge is 0.124 e. The number of hydrogen-bond acceptors (Lipinski definition) is 2. The van der Waals surface area contributed by atoms with E-state index in [1.165, 1.54) is 0 Å². The second kappa shape index (κ2) is 3.19. The van der Waals surface area contributed by atoms with Crippen molar-refractivity contribution in [3.8, 4) is 0 Å². The Labute approximate surface area is 66.0 Å². The van der Waals surface area contributed by atoms with E-state index in [1.54, 1.807) is 0 Å². The highest BCUT2D eigenvalue weighted by atomic mass is 16.1. The summed E-state index contributed by atoms with van der Waals surface area (Å²) in [5.41, 5.74) is 8.37. The fourth-order valence-electron chi connectivity index (χ4n) is 1.00. The quantitative estimate of drug-likeness (QED) is 0.509. The van der Waals surface area contributed by atoms with Gasteiger partial charge in [-0.15, -0.1) is 0 Å². The Morgan fingerprint density at radius 1 is 1.55 bits per heavy atom. The molecular weight excluding hydrogens is 138 g/mol. The van der Waals surface area contributed by atoms with Crippen LogP contribution in [0.3, 0.4) is 0 Å². The fourth-order valence-corrected chi connectivity index (χ4v) is 1.00. The van der Waals surface area contributed by atoms with Crippen molar-refractivity contribution in [1.82, 2.24) is 0 Å². The second-order valence-electron chi connectivity index (χ2n) is 2.57. The van der Waals surface area contributed by atoms with Gasteiger partial charge >= 0.3 is 0 Å². The molecule has 0 radical (unpaired) electrons. The molecule has 2 heteroatoms. The summed E-state index contributed by atoms with van der Waals surface area (Å²) in [5.74, 6) is 0. The van der Waals surface area contributed by atoms with E-state index < -0.39 is 0 Å². The first kappa shape index (κ1) is 7.79. The third-order valence-corrected chi connectivity index (χ3v) is 1.60. The zero-order valence-corrected chi connectivity index (χ0v) is 6.50. The minimum absolute atomic E-state index is 0.410. The van der Waals surface area contributed by atoms with Crippen LogP contribution in [0.2, 0.25) is 0 Å². The molecule has 0 saturated carbocycles.